The summed E-state index contributed by atoms with van der Waals surface area (Å²) in [4.78, 5) is 19.8. The Bertz CT molecular complexity index is 1200. The predicted octanol–water partition coefficient (Wildman–Crippen LogP) is 5.05. The Morgan fingerprint density at radius 3 is 2.70 bits per heavy atom. The van der Waals surface area contributed by atoms with E-state index in [0.717, 1.165) is 61.3 Å². The maximum absolute atomic E-state index is 6.28. The summed E-state index contributed by atoms with van der Waals surface area (Å²) in [5.41, 5.74) is 5.11. The topological polar surface area (TPSA) is 66.4 Å². The molecule has 2 aromatic heterocycles. The molecule has 33 heavy (non-hydrogen) atoms. The lowest BCUT2D eigenvalue weighted by atomic mass is 10.0. The van der Waals surface area contributed by atoms with Crippen molar-refractivity contribution < 1.29 is 4.74 Å². The fraction of sp³-hybridized carbons (Fsp3) is 0.400. The molecule has 3 heterocycles. The van der Waals surface area contributed by atoms with Crippen LogP contribution in [-0.2, 0) is 12.8 Å². The van der Waals surface area contributed by atoms with Crippen LogP contribution >= 0.6 is 11.3 Å². The van der Waals surface area contributed by atoms with E-state index in [-0.39, 0.29) is 0 Å². The Morgan fingerprint density at radius 1 is 1.12 bits per heavy atom. The molecular formula is C25H30N6OS. The number of nitrogens with one attached hydrogen (secondary N) is 1. The lowest BCUT2D eigenvalue weighted by Crippen LogP contribution is -2.44. The zero-order chi connectivity index (χ0) is 22.9. The van der Waals surface area contributed by atoms with Crippen LogP contribution in [0.15, 0.2) is 30.0 Å². The second-order valence-corrected chi connectivity index (χ2v) is 9.94. The summed E-state index contributed by atoms with van der Waals surface area (Å²) in [6.45, 7) is 10.3. The van der Waals surface area contributed by atoms with Crippen molar-refractivity contribution in [2.75, 3.05) is 43.4 Å². The van der Waals surface area contributed by atoms with Gasteiger partial charge in [0.1, 0.15) is 17.4 Å². The molecule has 3 aromatic rings. The third-order valence-corrected chi connectivity index (χ3v) is 7.33. The van der Waals surface area contributed by atoms with Gasteiger partial charge in [-0.2, -0.15) is 9.97 Å². The van der Waals surface area contributed by atoms with E-state index < -0.39 is 0 Å². The summed E-state index contributed by atoms with van der Waals surface area (Å²) in [6, 6.07) is 6.53. The highest BCUT2D eigenvalue weighted by Crippen LogP contribution is 2.35. The largest absolute Gasteiger partial charge is 0.424 e. The molecule has 0 bridgehead atoms. The molecule has 1 aromatic carbocycles. The molecule has 7 nitrogen and oxygen atoms in total. The van der Waals surface area contributed by atoms with E-state index in [4.69, 9.17) is 9.72 Å². The lowest BCUT2D eigenvalue weighted by Gasteiger charge is -2.33. The number of likely N-dealkylation sites (N-methyl/N-ethyl adjacent to an activating group) is 1. The van der Waals surface area contributed by atoms with E-state index >= 15 is 0 Å². The van der Waals surface area contributed by atoms with E-state index in [9.17, 15) is 0 Å². The van der Waals surface area contributed by atoms with Crippen molar-refractivity contribution in [1.82, 2.24) is 19.9 Å². The number of hydrogen-bond donors (Lipinski definition) is 1. The number of ether oxygens (including phenoxy) is 1. The Labute approximate surface area is 199 Å². The van der Waals surface area contributed by atoms with Crippen molar-refractivity contribution in [3.63, 3.8) is 0 Å². The molecule has 0 atom stereocenters. The van der Waals surface area contributed by atoms with Crippen LogP contribution in [0.25, 0.3) is 6.08 Å². The van der Waals surface area contributed by atoms with Gasteiger partial charge in [-0.3, -0.25) is 0 Å². The molecule has 1 aliphatic heterocycles. The summed E-state index contributed by atoms with van der Waals surface area (Å²) in [7, 11) is 2.15. The molecule has 1 saturated heterocycles. The van der Waals surface area contributed by atoms with E-state index in [2.05, 4.69) is 65.0 Å². The lowest BCUT2D eigenvalue weighted by molar-refractivity contribution is 0.311. The molecule has 2 aliphatic rings. The number of nitrogens with zero attached hydrogens (tertiary/aromatic N) is 5. The minimum atomic E-state index is 0.350. The summed E-state index contributed by atoms with van der Waals surface area (Å²) < 4.78 is 6.28. The number of aromatic nitrogens is 3. The molecule has 1 fully saturated rings. The number of benzene rings is 1. The molecule has 1 aliphatic carbocycles. The van der Waals surface area contributed by atoms with Crippen LogP contribution in [0.2, 0.25) is 0 Å². The standard InChI is InChI=1S/C25H30N6OS/c1-5-19-15-26-25(33-19)28-22-14-23(31-10-8-30(4)9-11-31)29-24(27-22)32-21-7-6-18-12-16(2)13-20(18)17(21)3/h6-7,13-15H,5,8-12H2,1-4H3,(H,26,27,28,29). The number of anilines is 3. The van der Waals surface area contributed by atoms with Gasteiger partial charge in [-0.25, -0.2) is 4.98 Å². The third-order valence-electron chi connectivity index (χ3n) is 6.27. The van der Waals surface area contributed by atoms with E-state index in [1.807, 2.05) is 18.3 Å². The Balaban J connectivity index is 1.47. The van der Waals surface area contributed by atoms with Crippen molar-refractivity contribution in [2.24, 2.45) is 0 Å². The molecule has 0 radical (unpaired) electrons. The fourth-order valence-corrected chi connectivity index (χ4v) is 5.04. The first-order valence-corrected chi connectivity index (χ1v) is 12.3. The highest BCUT2D eigenvalue weighted by Gasteiger charge is 2.20. The van der Waals surface area contributed by atoms with Gasteiger partial charge in [-0.15, -0.1) is 11.3 Å². The van der Waals surface area contributed by atoms with Gasteiger partial charge < -0.3 is 19.9 Å². The first-order valence-electron chi connectivity index (χ1n) is 11.5. The summed E-state index contributed by atoms with van der Waals surface area (Å²) in [5, 5.41) is 4.19. The number of hydrogen-bond acceptors (Lipinski definition) is 8. The molecular weight excluding hydrogens is 432 g/mol. The van der Waals surface area contributed by atoms with E-state index in [0.29, 0.717) is 11.8 Å². The number of aryl methyl sites for hydroxylation is 1. The number of thiazole rings is 1. The second-order valence-electron chi connectivity index (χ2n) is 8.83. The molecule has 8 heteroatoms. The predicted molar refractivity (Wildman–Crippen MR) is 135 cm³/mol. The zero-order valence-corrected chi connectivity index (χ0v) is 20.5. The molecule has 0 saturated carbocycles. The van der Waals surface area contributed by atoms with E-state index in [1.165, 1.54) is 21.6 Å². The van der Waals surface area contributed by atoms with Gasteiger partial charge in [0.25, 0.3) is 0 Å². The van der Waals surface area contributed by atoms with Crippen molar-refractivity contribution in [1.29, 1.82) is 0 Å². The van der Waals surface area contributed by atoms with Crippen LogP contribution in [0.5, 0.6) is 11.8 Å². The van der Waals surface area contributed by atoms with Gasteiger partial charge in [-0.1, -0.05) is 24.6 Å². The number of piperazine rings is 1. The van der Waals surface area contributed by atoms with Crippen molar-refractivity contribution in [2.45, 2.75) is 33.6 Å². The highest BCUT2D eigenvalue weighted by molar-refractivity contribution is 7.15. The van der Waals surface area contributed by atoms with Gasteiger partial charge in [0.05, 0.1) is 0 Å². The van der Waals surface area contributed by atoms with Gasteiger partial charge in [0, 0.05) is 43.3 Å². The Hall–Kier alpha value is -2.97. The summed E-state index contributed by atoms with van der Waals surface area (Å²) in [6.07, 6.45) is 6.14. The highest BCUT2D eigenvalue weighted by atomic mass is 32.1. The summed E-state index contributed by atoms with van der Waals surface area (Å²) in [5.74, 6) is 2.36. The van der Waals surface area contributed by atoms with Gasteiger partial charge in [0.15, 0.2) is 5.13 Å². The molecule has 0 amide bonds. The van der Waals surface area contributed by atoms with Crippen LogP contribution in [0.4, 0.5) is 16.8 Å². The first-order chi connectivity index (χ1) is 16.0. The van der Waals surface area contributed by atoms with Crippen LogP contribution in [-0.4, -0.2) is 53.1 Å². The number of allylic oxidation sites excluding steroid dienone is 1. The normalized spacial score (nSPS) is 16.0. The minimum Gasteiger partial charge on any atom is -0.424 e. The van der Waals surface area contributed by atoms with Crippen molar-refractivity contribution >= 4 is 34.2 Å². The van der Waals surface area contributed by atoms with Gasteiger partial charge in [0.2, 0.25) is 0 Å². The third kappa shape index (κ3) is 4.72. The van der Waals surface area contributed by atoms with Crippen molar-refractivity contribution in [3.05, 3.63) is 51.5 Å². The quantitative estimate of drug-likeness (QED) is 0.550. The molecule has 1 N–H and O–H groups in total. The molecule has 0 spiro atoms. The molecule has 172 valence electrons. The molecule has 0 unspecified atom stereocenters. The number of fused-ring (bicyclic) bond motifs is 1. The molecule has 5 rings (SSSR count). The summed E-state index contributed by atoms with van der Waals surface area (Å²) >= 11 is 1.65. The van der Waals surface area contributed by atoms with Crippen LogP contribution in [0, 0.1) is 6.92 Å². The fourth-order valence-electron chi connectivity index (χ4n) is 4.28. The SMILES string of the molecule is CCc1cnc(Nc2cc(N3CCN(C)CC3)nc(Oc3ccc4c(c3C)C=C(C)C4)n2)s1. The smallest absolute Gasteiger partial charge is 0.325 e. The first kappa shape index (κ1) is 21.9. The van der Waals surface area contributed by atoms with Crippen LogP contribution in [0.3, 0.4) is 0 Å². The minimum absolute atomic E-state index is 0.350. The maximum Gasteiger partial charge on any atom is 0.325 e. The second kappa shape index (κ2) is 9.11. The number of rotatable bonds is 6. The Morgan fingerprint density at radius 2 is 1.94 bits per heavy atom. The van der Waals surface area contributed by atoms with Crippen LogP contribution < -0.4 is 15.0 Å². The average molecular weight is 463 g/mol. The zero-order valence-electron chi connectivity index (χ0n) is 19.7. The van der Waals surface area contributed by atoms with Gasteiger partial charge in [-0.05, 0) is 56.5 Å². The average Bonchev–Trinajstić information content (AvgIpc) is 3.42. The Kier molecular flexibility index (Phi) is 6.03. The van der Waals surface area contributed by atoms with Gasteiger partial charge >= 0.3 is 6.01 Å². The van der Waals surface area contributed by atoms with Crippen molar-refractivity contribution in [3.8, 4) is 11.8 Å². The van der Waals surface area contributed by atoms with E-state index in [1.54, 1.807) is 11.3 Å². The monoisotopic (exact) mass is 462 g/mol. The maximum atomic E-state index is 6.28. The van der Waals surface area contributed by atoms with Crippen LogP contribution in [0.1, 0.15) is 35.4 Å².